The van der Waals surface area contributed by atoms with Gasteiger partial charge in [0.15, 0.2) is 0 Å². The number of rotatable bonds is 6. The van der Waals surface area contributed by atoms with E-state index in [1.807, 2.05) is 12.3 Å². The largest absolute Gasteiger partial charge is 0.338 e. The van der Waals surface area contributed by atoms with E-state index in [2.05, 4.69) is 44.4 Å². The lowest BCUT2D eigenvalue weighted by atomic mass is 9.94. The van der Waals surface area contributed by atoms with E-state index in [1.54, 1.807) is 11.3 Å². The van der Waals surface area contributed by atoms with Crippen molar-refractivity contribution >= 4 is 17.2 Å². The van der Waals surface area contributed by atoms with Crippen molar-refractivity contribution in [2.24, 2.45) is 5.92 Å². The summed E-state index contributed by atoms with van der Waals surface area (Å²) in [6, 6.07) is 10.8. The zero-order valence-electron chi connectivity index (χ0n) is 15.2. The van der Waals surface area contributed by atoms with Crippen LogP contribution < -0.4 is 0 Å². The minimum absolute atomic E-state index is 0.357. The SMILES string of the molecule is O=C(CCCc1cccs1)N1C[C@H]2CC[C@@H]1CN(Cc1ccccn1)C2. The van der Waals surface area contributed by atoms with Crippen molar-refractivity contribution in [2.75, 3.05) is 19.6 Å². The van der Waals surface area contributed by atoms with Crippen LogP contribution in [-0.2, 0) is 17.8 Å². The molecule has 3 saturated heterocycles. The Balaban J connectivity index is 1.33. The number of thiophene rings is 1. The van der Waals surface area contributed by atoms with Crippen molar-refractivity contribution in [3.63, 3.8) is 0 Å². The summed E-state index contributed by atoms with van der Waals surface area (Å²) in [7, 11) is 0. The second-order valence-corrected chi connectivity index (χ2v) is 8.62. The first-order valence-electron chi connectivity index (χ1n) is 9.72. The monoisotopic (exact) mass is 369 g/mol. The van der Waals surface area contributed by atoms with E-state index in [0.29, 0.717) is 24.3 Å². The summed E-state index contributed by atoms with van der Waals surface area (Å²) in [6.45, 7) is 3.92. The second-order valence-electron chi connectivity index (χ2n) is 7.59. The van der Waals surface area contributed by atoms with E-state index >= 15 is 0 Å². The number of hydrogen-bond acceptors (Lipinski definition) is 4. The number of aromatic nitrogens is 1. The molecular formula is C21H27N3OS. The number of aryl methyl sites for hydroxylation is 1. The predicted octanol–water partition coefficient (Wildman–Crippen LogP) is 3.59. The van der Waals surface area contributed by atoms with Gasteiger partial charge in [0, 0.05) is 49.7 Å². The summed E-state index contributed by atoms with van der Waals surface area (Å²) in [5.41, 5.74) is 1.13. The summed E-state index contributed by atoms with van der Waals surface area (Å²) in [4.78, 5) is 23.4. The molecule has 0 unspecified atom stereocenters. The first kappa shape index (κ1) is 17.7. The second kappa shape index (κ2) is 8.31. The molecule has 3 aliphatic rings. The molecule has 5 heterocycles. The Hall–Kier alpha value is -1.72. The van der Waals surface area contributed by atoms with Gasteiger partial charge in [-0.15, -0.1) is 11.3 Å². The molecule has 3 fully saturated rings. The van der Waals surface area contributed by atoms with Crippen molar-refractivity contribution in [2.45, 2.75) is 44.7 Å². The molecule has 3 aliphatic heterocycles. The zero-order valence-corrected chi connectivity index (χ0v) is 16.0. The minimum Gasteiger partial charge on any atom is -0.338 e. The predicted molar refractivity (Wildman–Crippen MR) is 105 cm³/mol. The van der Waals surface area contributed by atoms with Gasteiger partial charge in [-0.1, -0.05) is 12.1 Å². The van der Waals surface area contributed by atoms with Crippen LogP contribution in [0.2, 0.25) is 0 Å². The van der Waals surface area contributed by atoms with Crippen LogP contribution in [0.15, 0.2) is 41.9 Å². The lowest BCUT2D eigenvalue weighted by Gasteiger charge is -2.36. The molecule has 5 heteroatoms. The Morgan fingerprint density at radius 2 is 2.12 bits per heavy atom. The van der Waals surface area contributed by atoms with E-state index < -0.39 is 0 Å². The highest BCUT2D eigenvalue weighted by Crippen LogP contribution is 2.29. The third-order valence-electron chi connectivity index (χ3n) is 5.62. The minimum atomic E-state index is 0.357. The Morgan fingerprint density at radius 1 is 1.15 bits per heavy atom. The molecule has 5 rings (SSSR count). The number of carbonyl (C=O) groups is 1. The third kappa shape index (κ3) is 4.33. The van der Waals surface area contributed by atoms with Gasteiger partial charge in [0.1, 0.15) is 0 Å². The molecule has 2 atom stereocenters. The Morgan fingerprint density at radius 3 is 2.92 bits per heavy atom. The van der Waals surface area contributed by atoms with E-state index in [9.17, 15) is 4.79 Å². The standard InChI is InChI=1S/C21H27N3OS/c25-21(8-3-6-20-7-4-12-26-20)24-14-17-9-10-19(24)16-23(13-17)15-18-5-1-2-11-22-18/h1-2,4-5,7,11-12,17,19H,3,6,8-10,13-16H2/t17-,19+/m0/s1. The normalized spacial score (nSPS) is 23.2. The third-order valence-corrected chi connectivity index (χ3v) is 6.55. The Bertz CT molecular complexity index is 703. The molecule has 1 amide bonds. The molecule has 26 heavy (non-hydrogen) atoms. The first-order chi connectivity index (χ1) is 12.8. The molecule has 0 N–H and O–H groups in total. The number of amides is 1. The number of hydrogen-bond donors (Lipinski definition) is 0. The average molecular weight is 370 g/mol. The highest BCUT2D eigenvalue weighted by Gasteiger charge is 2.36. The fraction of sp³-hybridized carbons (Fsp3) is 0.524. The van der Waals surface area contributed by atoms with Gasteiger partial charge in [-0.2, -0.15) is 0 Å². The fourth-order valence-corrected chi connectivity index (χ4v) is 5.10. The van der Waals surface area contributed by atoms with Crippen LogP contribution in [-0.4, -0.2) is 46.4 Å². The molecule has 0 aliphatic carbocycles. The number of fused-ring (bicyclic) bond motifs is 4. The molecule has 2 aromatic heterocycles. The maximum atomic E-state index is 12.8. The summed E-state index contributed by atoms with van der Waals surface area (Å²) in [5.74, 6) is 0.967. The van der Waals surface area contributed by atoms with Gasteiger partial charge in [-0.3, -0.25) is 14.7 Å². The van der Waals surface area contributed by atoms with Gasteiger partial charge in [0.05, 0.1) is 5.69 Å². The highest BCUT2D eigenvalue weighted by molar-refractivity contribution is 7.09. The van der Waals surface area contributed by atoms with Crippen LogP contribution >= 0.6 is 11.3 Å². The first-order valence-corrected chi connectivity index (χ1v) is 10.6. The molecule has 138 valence electrons. The van der Waals surface area contributed by atoms with Crippen molar-refractivity contribution in [1.82, 2.24) is 14.8 Å². The summed E-state index contributed by atoms with van der Waals surface area (Å²) >= 11 is 1.79. The number of nitrogens with zero attached hydrogens (tertiary/aromatic N) is 3. The average Bonchev–Trinajstić information content (AvgIpc) is 3.02. The Kier molecular flexibility index (Phi) is 5.65. The number of piperidine rings is 1. The summed E-state index contributed by atoms with van der Waals surface area (Å²) in [6.07, 6.45) is 6.94. The van der Waals surface area contributed by atoms with Crippen LogP contribution in [0.4, 0.5) is 0 Å². The van der Waals surface area contributed by atoms with Crippen LogP contribution in [0.25, 0.3) is 0 Å². The maximum Gasteiger partial charge on any atom is 0.222 e. The quantitative estimate of drug-likeness (QED) is 0.781. The molecular weight excluding hydrogens is 342 g/mol. The summed E-state index contributed by atoms with van der Waals surface area (Å²) in [5, 5.41) is 2.11. The van der Waals surface area contributed by atoms with Crippen LogP contribution in [0.5, 0.6) is 0 Å². The van der Waals surface area contributed by atoms with Gasteiger partial charge >= 0.3 is 0 Å². The number of carbonyl (C=O) groups excluding carboxylic acids is 1. The molecule has 0 aromatic carbocycles. The molecule has 0 saturated carbocycles. The smallest absolute Gasteiger partial charge is 0.222 e. The Labute approximate surface area is 159 Å². The van der Waals surface area contributed by atoms with Gasteiger partial charge in [-0.05, 0) is 55.2 Å². The van der Waals surface area contributed by atoms with Crippen molar-refractivity contribution in [3.05, 3.63) is 52.5 Å². The van der Waals surface area contributed by atoms with E-state index in [1.165, 1.54) is 11.3 Å². The van der Waals surface area contributed by atoms with Crippen molar-refractivity contribution in [1.29, 1.82) is 0 Å². The van der Waals surface area contributed by atoms with Crippen molar-refractivity contribution in [3.8, 4) is 0 Å². The van der Waals surface area contributed by atoms with Crippen LogP contribution in [0.1, 0.15) is 36.3 Å². The fourth-order valence-electron chi connectivity index (χ4n) is 4.35. The van der Waals surface area contributed by atoms with Crippen LogP contribution in [0.3, 0.4) is 0 Å². The van der Waals surface area contributed by atoms with E-state index in [4.69, 9.17) is 0 Å². The lowest BCUT2D eigenvalue weighted by molar-refractivity contribution is -0.135. The van der Waals surface area contributed by atoms with Gasteiger partial charge in [-0.25, -0.2) is 0 Å². The van der Waals surface area contributed by atoms with E-state index in [0.717, 1.165) is 51.1 Å². The van der Waals surface area contributed by atoms with Crippen LogP contribution in [0, 0.1) is 5.92 Å². The van der Waals surface area contributed by atoms with Gasteiger partial charge in [0.2, 0.25) is 5.91 Å². The molecule has 0 radical (unpaired) electrons. The van der Waals surface area contributed by atoms with Gasteiger partial charge in [0.25, 0.3) is 0 Å². The highest BCUT2D eigenvalue weighted by atomic mass is 32.1. The molecule has 0 spiro atoms. The van der Waals surface area contributed by atoms with Gasteiger partial charge < -0.3 is 4.90 Å². The zero-order chi connectivity index (χ0) is 17.8. The maximum absolute atomic E-state index is 12.8. The molecule has 2 bridgehead atoms. The summed E-state index contributed by atoms with van der Waals surface area (Å²) < 4.78 is 0. The lowest BCUT2D eigenvalue weighted by Crippen LogP contribution is -2.47. The molecule has 2 aromatic rings. The topological polar surface area (TPSA) is 36.4 Å². The molecule has 4 nitrogen and oxygen atoms in total. The van der Waals surface area contributed by atoms with E-state index in [-0.39, 0.29) is 0 Å². The number of pyridine rings is 1. The van der Waals surface area contributed by atoms with Crippen molar-refractivity contribution < 1.29 is 4.79 Å².